The van der Waals surface area contributed by atoms with E-state index in [-0.39, 0.29) is 35.6 Å². The molecule has 0 amide bonds. The van der Waals surface area contributed by atoms with Gasteiger partial charge in [0.1, 0.15) is 11.5 Å². The summed E-state index contributed by atoms with van der Waals surface area (Å²) in [5, 5.41) is 4.85. The van der Waals surface area contributed by atoms with Crippen LogP contribution in [0.2, 0.25) is 0 Å². The van der Waals surface area contributed by atoms with Crippen molar-refractivity contribution in [3.63, 3.8) is 0 Å². The van der Waals surface area contributed by atoms with Crippen molar-refractivity contribution in [1.82, 2.24) is 0 Å². The standard InChI is InChI=1S/C36H26O4/c1-17(37)39-35-31-27-15-29(25-13-21-9-5-3-7-19(21)11-23(25)27)33(31)36(40-18(2)38)34-30-16-28(32(34)35)24-12-20-8-4-6-10-22(20)14-26(24)30/h3-14,27-30H,15-16H2,1-2H3/t27-,28-,29+,30+. The molecule has 0 unspecified atom stereocenters. The topological polar surface area (TPSA) is 52.6 Å². The van der Waals surface area contributed by atoms with Gasteiger partial charge in [-0.15, -0.1) is 0 Å². The van der Waals surface area contributed by atoms with Crippen LogP contribution in [0.25, 0.3) is 21.5 Å². The van der Waals surface area contributed by atoms with Crippen LogP contribution in [0.5, 0.6) is 11.5 Å². The highest BCUT2D eigenvalue weighted by atomic mass is 16.5. The summed E-state index contributed by atoms with van der Waals surface area (Å²) in [6.07, 6.45) is 1.80. The monoisotopic (exact) mass is 522 g/mol. The van der Waals surface area contributed by atoms with Crippen molar-refractivity contribution in [2.45, 2.75) is 50.4 Å². The van der Waals surface area contributed by atoms with Crippen LogP contribution in [0.3, 0.4) is 0 Å². The number of hydrogen-bond donors (Lipinski definition) is 0. The van der Waals surface area contributed by atoms with Gasteiger partial charge in [-0.25, -0.2) is 0 Å². The first-order valence-corrected chi connectivity index (χ1v) is 14.1. The van der Waals surface area contributed by atoms with Gasteiger partial charge >= 0.3 is 11.9 Å². The molecule has 4 nitrogen and oxygen atoms in total. The molecule has 40 heavy (non-hydrogen) atoms. The van der Waals surface area contributed by atoms with Crippen molar-refractivity contribution in [2.24, 2.45) is 0 Å². The fourth-order valence-corrected chi connectivity index (χ4v) is 8.50. The Morgan fingerprint density at radius 3 is 1.05 bits per heavy atom. The fourth-order valence-electron chi connectivity index (χ4n) is 8.50. The van der Waals surface area contributed by atoms with E-state index < -0.39 is 0 Å². The zero-order valence-electron chi connectivity index (χ0n) is 22.3. The number of carbonyl (C=O) groups excluding carboxylic acids is 2. The van der Waals surface area contributed by atoms with Gasteiger partial charge in [0.2, 0.25) is 0 Å². The molecule has 4 heteroatoms. The molecule has 5 aromatic carbocycles. The lowest BCUT2D eigenvalue weighted by Gasteiger charge is -2.31. The lowest BCUT2D eigenvalue weighted by atomic mass is 9.76. The first-order valence-electron chi connectivity index (χ1n) is 14.1. The van der Waals surface area contributed by atoms with E-state index in [1.807, 2.05) is 0 Å². The van der Waals surface area contributed by atoms with Crippen LogP contribution < -0.4 is 9.47 Å². The molecule has 0 aliphatic heterocycles. The number of fused-ring (bicyclic) bond motifs is 18. The van der Waals surface area contributed by atoms with Gasteiger partial charge in [0.25, 0.3) is 0 Å². The second-order valence-electron chi connectivity index (χ2n) is 11.8. The minimum absolute atomic E-state index is 0.101. The van der Waals surface area contributed by atoms with Crippen LogP contribution in [0.4, 0.5) is 0 Å². The molecule has 0 heterocycles. The van der Waals surface area contributed by atoms with Gasteiger partial charge < -0.3 is 9.47 Å². The van der Waals surface area contributed by atoms with E-state index in [9.17, 15) is 9.59 Å². The molecule has 0 saturated heterocycles. The van der Waals surface area contributed by atoms with Crippen LogP contribution in [0.15, 0.2) is 72.8 Å². The lowest BCUT2D eigenvalue weighted by molar-refractivity contribution is -0.133. The summed E-state index contributed by atoms with van der Waals surface area (Å²) in [5.74, 6) is 1.21. The summed E-state index contributed by atoms with van der Waals surface area (Å²) in [5.41, 5.74) is 9.39. The smallest absolute Gasteiger partial charge is 0.308 e. The average Bonchev–Trinajstić information content (AvgIpc) is 3.70. The van der Waals surface area contributed by atoms with Crippen molar-refractivity contribution < 1.29 is 19.1 Å². The molecule has 0 N–H and O–H groups in total. The van der Waals surface area contributed by atoms with Gasteiger partial charge in [0, 0.05) is 59.8 Å². The molecule has 0 aromatic heterocycles. The Balaban J connectivity index is 1.34. The number of ether oxygens (including phenoxy) is 2. The van der Waals surface area contributed by atoms with Crippen LogP contribution in [-0.4, -0.2) is 11.9 Å². The number of benzene rings is 5. The van der Waals surface area contributed by atoms with Crippen molar-refractivity contribution in [3.8, 4) is 11.5 Å². The van der Waals surface area contributed by atoms with Gasteiger partial charge in [-0.05, 0) is 56.6 Å². The Labute approximate surface area is 231 Å². The summed E-state index contributed by atoms with van der Waals surface area (Å²) >= 11 is 0. The minimum atomic E-state index is -0.312. The third kappa shape index (κ3) is 2.76. The van der Waals surface area contributed by atoms with E-state index in [0.717, 1.165) is 35.1 Å². The molecule has 5 aromatic rings. The summed E-state index contributed by atoms with van der Waals surface area (Å²) in [6, 6.07) is 26.1. The Morgan fingerprint density at radius 1 is 0.525 bits per heavy atom. The van der Waals surface area contributed by atoms with E-state index in [0.29, 0.717) is 11.5 Å². The highest BCUT2D eigenvalue weighted by Crippen LogP contribution is 2.69. The number of esters is 2. The SMILES string of the molecule is CC(=O)Oc1c2c(c(OC(C)=O)c3c1[C@@H]1C[C@H]3c3cc4ccccc4cc31)[C@H]1C[C@@H]2c2cc3ccccc3cc21. The van der Waals surface area contributed by atoms with Gasteiger partial charge in [-0.3, -0.25) is 9.59 Å². The minimum Gasteiger partial charge on any atom is -0.426 e. The lowest BCUT2D eigenvalue weighted by Crippen LogP contribution is -2.18. The summed E-state index contributed by atoms with van der Waals surface area (Å²) < 4.78 is 12.4. The first-order chi connectivity index (χ1) is 19.5. The molecule has 4 atom stereocenters. The summed E-state index contributed by atoms with van der Waals surface area (Å²) in [4.78, 5) is 25.2. The highest BCUT2D eigenvalue weighted by Gasteiger charge is 2.53. The van der Waals surface area contributed by atoms with E-state index >= 15 is 0 Å². The van der Waals surface area contributed by atoms with Crippen molar-refractivity contribution in [2.75, 3.05) is 0 Å². The second kappa shape index (κ2) is 7.60. The molecule has 0 fully saturated rings. The van der Waals surface area contributed by atoms with Crippen LogP contribution >= 0.6 is 0 Å². The third-order valence-electron chi connectivity index (χ3n) is 9.79. The molecule has 0 spiro atoms. The molecule has 9 rings (SSSR count). The molecule has 4 bridgehead atoms. The first kappa shape index (κ1) is 22.4. The Morgan fingerprint density at radius 2 is 0.800 bits per heavy atom. The Kier molecular flexibility index (Phi) is 4.25. The van der Waals surface area contributed by atoms with Crippen molar-refractivity contribution >= 4 is 33.5 Å². The third-order valence-corrected chi connectivity index (χ3v) is 9.79. The summed E-state index contributed by atoms with van der Waals surface area (Å²) in [7, 11) is 0. The fraction of sp³-hybridized carbons (Fsp3) is 0.222. The van der Waals surface area contributed by atoms with E-state index in [1.54, 1.807) is 0 Å². The van der Waals surface area contributed by atoms with E-state index in [2.05, 4.69) is 72.8 Å². The summed E-state index contributed by atoms with van der Waals surface area (Å²) in [6.45, 7) is 2.98. The highest BCUT2D eigenvalue weighted by molar-refractivity contribution is 5.90. The quantitative estimate of drug-likeness (QED) is 0.175. The maximum absolute atomic E-state index is 12.6. The zero-order chi connectivity index (χ0) is 26.9. The van der Waals surface area contributed by atoms with Crippen molar-refractivity contribution in [3.05, 3.63) is 117 Å². The van der Waals surface area contributed by atoms with Crippen LogP contribution in [0, 0.1) is 0 Å². The second-order valence-corrected chi connectivity index (χ2v) is 11.8. The van der Waals surface area contributed by atoms with Crippen LogP contribution in [0.1, 0.15) is 94.9 Å². The molecule has 0 saturated carbocycles. The normalized spacial score (nSPS) is 22.2. The number of rotatable bonds is 2. The number of hydrogen-bond acceptors (Lipinski definition) is 4. The van der Waals surface area contributed by atoms with Crippen LogP contribution in [-0.2, 0) is 9.59 Å². The molecule has 0 radical (unpaired) electrons. The number of carbonyl (C=O) groups is 2. The van der Waals surface area contributed by atoms with Gasteiger partial charge in [0.05, 0.1) is 0 Å². The zero-order valence-corrected chi connectivity index (χ0v) is 22.3. The maximum Gasteiger partial charge on any atom is 0.308 e. The predicted octanol–water partition coefficient (Wildman–Crippen LogP) is 7.81. The van der Waals surface area contributed by atoms with Gasteiger partial charge in [0.15, 0.2) is 0 Å². The Bertz CT molecular complexity index is 1730. The molecule has 4 aliphatic carbocycles. The van der Waals surface area contributed by atoms with Gasteiger partial charge in [-0.2, -0.15) is 0 Å². The van der Waals surface area contributed by atoms with Crippen molar-refractivity contribution in [1.29, 1.82) is 0 Å². The Hall–Kier alpha value is -4.44. The molecular weight excluding hydrogens is 496 g/mol. The predicted molar refractivity (Wildman–Crippen MR) is 154 cm³/mol. The van der Waals surface area contributed by atoms with E-state index in [4.69, 9.17) is 9.47 Å². The maximum atomic E-state index is 12.6. The molecular formula is C36H26O4. The molecule has 4 aliphatic rings. The largest absolute Gasteiger partial charge is 0.426 e. The molecule has 194 valence electrons. The van der Waals surface area contributed by atoms with E-state index in [1.165, 1.54) is 57.6 Å². The van der Waals surface area contributed by atoms with Gasteiger partial charge in [-0.1, -0.05) is 72.8 Å². The average molecular weight is 523 g/mol.